The highest BCUT2D eigenvalue weighted by atomic mass is 35.5. The molecule has 3 aromatic rings. The van der Waals surface area contributed by atoms with Gasteiger partial charge in [0.15, 0.2) is 0 Å². The topological polar surface area (TPSA) is 107 Å². The van der Waals surface area contributed by atoms with Gasteiger partial charge in [-0.1, -0.05) is 48.0 Å². The Labute approximate surface area is 212 Å². The monoisotopic (exact) mass is 550 g/mol. The maximum atomic E-state index is 13.0. The van der Waals surface area contributed by atoms with Gasteiger partial charge in [-0.3, -0.25) is 0 Å². The molecule has 0 aliphatic carbocycles. The van der Waals surface area contributed by atoms with Crippen LogP contribution in [0.3, 0.4) is 0 Å². The fourth-order valence-corrected chi connectivity index (χ4v) is 3.11. The van der Waals surface area contributed by atoms with Crippen LogP contribution in [-0.4, -0.2) is 45.4 Å². The average Bonchev–Trinajstić information content (AvgIpc) is 2.82. The first-order valence-electron chi connectivity index (χ1n) is 10.5. The van der Waals surface area contributed by atoms with Crippen molar-refractivity contribution in [3.8, 4) is 11.3 Å². The number of nitrogens with zero attached hydrogens (tertiary/aromatic N) is 2. The van der Waals surface area contributed by atoms with Crippen molar-refractivity contribution in [2.75, 3.05) is 23.7 Å². The zero-order chi connectivity index (χ0) is 27.8. The number of hydrogen-bond acceptors (Lipinski definition) is 6. The number of aliphatic carboxylic acids is 1. The molecule has 0 amide bonds. The van der Waals surface area contributed by atoms with E-state index in [9.17, 15) is 31.4 Å². The van der Waals surface area contributed by atoms with E-state index in [-0.39, 0.29) is 6.54 Å². The SMILES string of the molecule is CCNc1nc(NC[C@H](O)c2ccccc2)cc(-c2ccc(C(F)(F)F)c(Cl)c2)n1.O=C(O)C(F)(F)F. The van der Waals surface area contributed by atoms with E-state index >= 15 is 0 Å². The summed E-state index contributed by atoms with van der Waals surface area (Å²) in [5.41, 5.74) is 0.661. The molecule has 0 radical (unpaired) electrons. The molecule has 4 N–H and O–H groups in total. The number of alkyl halides is 6. The Hall–Kier alpha value is -3.58. The first-order valence-corrected chi connectivity index (χ1v) is 10.9. The molecule has 7 nitrogen and oxygen atoms in total. The molecular weight excluding hydrogens is 530 g/mol. The van der Waals surface area contributed by atoms with Crippen LogP contribution in [0.1, 0.15) is 24.2 Å². The van der Waals surface area contributed by atoms with E-state index in [4.69, 9.17) is 21.5 Å². The second-order valence-corrected chi connectivity index (χ2v) is 7.70. The van der Waals surface area contributed by atoms with Gasteiger partial charge in [0.25, 0.3) is 0 Å². The summed E-state index contributed by atoms with van der Waals surface area (Å²) in [6.45, 7) is 2.63. The van der Waals surface area contributed by atoms with Gasteiger partial charge in [0, 0.05) is 24.7 Å². The van der Waals surface area contributed by atoms with Crippen LogP contribution in [0, 0.1) is 0 Å². The second kappa shape index (κ2) is 12.6. The predicted molar refractivity (Wildman–Crippen MR) is 125 cm³/mol. The Morgan fingerprint density at radius 1 is 1.00 bits per heavy atom. The summed E-state index contributed by atoms with van der Waals surface area (Å²) in [5, 5.41) is 23.1. The third kappa shape index (κ3) is 9.10. The van der Waals surface area contributed by atoms with Crippen molar-refractivity contribution >= 4 is 29.3 Å². The van der Waals surface area contributed by atoms with Gasteiger partial charge in [-0.05, 0) is 24.6 Å². The Morgan fingerprint density at radius 2 is 1.62 bits per heavy atom. The predicted octanol–water partition coefficient (Wildman–Crippen LogP) is 6.03. The van der Waals surface area contributed by atoms with Gasteiger partial charge in [0.2, 0.25) is 5.95 Å². The van der Waals surface area contributed by atoms with Crippen LogP contribution in [0.4, 0.5) is 38.1 Å². The van der Waals surface area contributed by atoms with Gasteiger partial charge in [-0.15, -0.1) is 0 Å². The van der Waals surface area contributed by atoms with E-state index in [1.807, 2.05) is 37.3 Å². The van der Waals surface area contributed by atoms with Crippen molar-refractivity contribution in [3.63, 3.8) is 0 Å². The van der Waals surface area contributed by atoms with E-state index in [0.29, 0.717) is 29.6 Å². The molecule has 0 aliphatic heterocycles. The van der Waals surface area contributed by atoms with Gasteiger partial charge in [-0.2, -0.15) is 31.3 Å². The number of hydrogen-bond donors (Lipinski definition) is 4. The normalized spacial score (nSPS) is 12.2. The van der Waals surface area contributed by atoms with E-state index in [0.717, 1.165) is 11.6 Å². The zero-order valence-corrected chi connectivity index (χ0v) is 19.8. The zero-order valence-electron chi connectivity index (χ0n) is 19.0. The molecule has 1 atom stereocenters. The Kier molecular flexibility index (Phi) is 10.1. The average molecular weight is 551 g/mol. The molecule has 14 heteroatoms. The number of carboxylic acids is 1. The van der Waals surface area contributed by atoms with Gasteiger partial charge >= 0.3 is 18.3 Å². The molecular formula is C23H21ClF6N4O3. The van der Waals surface area contributed by atoms with Crippen LogP contribution >= 0.6 is 11.6 Å². The van der Waals surface area contributed by atoms with E-state index < -0.39 is 35.0 Å². The smallest absolute Gasteiger partial charge is 0.475 e. The number of benzene rings is 2. The van der Waals surface area contributed by atoms with E-state index in [1.54, 1.807) is 6.07 Å². The number of rotatable bonds is 7. The number of aromatic nitrogens is 2. The molecule has 0 aliphatic rings. The lowest BCUT2D eigenvalue weighted by molar-refractivity contribution is -0.192. The Balaban J connectivity index is 0.000000604. The number of nitrogens with one attached hydrogen (secondary N) is 2. The number of aliphatic hydroxyl groups is 1. The summed E-state index contributed by atoms with van der Waals surface area (Å²) in [5.74, 6) is -2.03. The molecule has 0 fully saturated rings. The summed E-state index contributed by atoms with van der Waals surface area (Å²) >= 11 is 5.85. The minimum absolute atomic E-state index is 0.194. The molecule has 2 aromatic carbocycles. The third-order valence-corrected chi connectivity index (χ3v) is 4.85. The second-order valence-electron chi connectivity index (χ2n) is 7.30. The number of carboxylic acid groups (broad SMARTS) is 1. The van der Waals surface area contributed by atoms with Gasteiger partial charge in [0.05, 0.1) is 22.4 Å². The highest BCUT2D eigenvalue weighted by molar-refractivity contribution is 6.31. The molecule has 0 bridgehead atoms. The first kappa shape index (κ1) is 29.6. The van der Waals surface area contributed by atoms with E-state index in [2.05, 4.69) is 20.6 Å². The van der Waals surface area contributed by atoms with Crippen molar-refractivity contribution in [1.82, 2.24) is 9.97 Å². The molecule has 1 aromatic heterocycles. The van der Waals surface area contributed by atoms with Crippen molar-refractivity contribution in [1.29, 1.82) is 0 Å². The van der Waals surface area contributed by atoms with Crippen LogP contribution in [0.15, 0.2) is 54.6 Å². The molecule has 1 heterocycles. The van der Waals surface area contributed by atoms with Gasteiger partial charge in [0.1, 0.15) is 5.82 Å². The van der Waals surface area contributed by atoms with Crippen LogP contribution < -0.4 is 10.6 Å². The van der Waals surface area contributed by atoms with Crippen molar-refractivity contribution < 1.29 is 41.4 Å². The standard InChI is InChI=1S/C21H20ClF3N4O.C2HF3O2/c1-2-26-20-28-17(14-8-9-15(16(22)10-14)21(23,24)25)11-19(29-20)27-12-18(30)13-6-4-3-5-7-13;3-2(4,5)1(6)7/h3-11,18,30H,2,12H2,1H3,(H2,26,27,28,29);(H,6,7)/t18-;/m0./s1. The molecule has 3 rings (SSSR count). The number of carbonyl (C=O) groups is 1. The Bertz CT molecular complexity index is 1190. The lowest BCUT2D eigenvalue weighted by atomic mass is 10.1. The lowest BCUT2D eigenvalue weighted by Crippen LogP contribution is -2.21. The number of aliphatic hydroxyl groups excluding tert-OH is 1. The summed E-state index contributed by atoms with van der Waals surface area (Å²) in [6, 6.07) is 14.2. The molecule has 0 saturated carbocycles. The third-order valence-electron chi connectivity index (χ3n) is 4.53. The summed E-state index contributed by atoms with van der Waals surface area (Å²) in [7, 11) is 0. The summed E-state index contributed by atoms with van der Waals surface area (Å²) < 4.78 is 70.7. The van der Waals surface area contributed by atoms with Crippen LogP contribution in [0.25, 0.3) is 11.3 Å². The summed E-state index contributed by atoms with van der Waals surface area (Å²) in [4.78, 5) is 17.6. The van der Waals surface area contributed by atoms with Gasteiger partial charge in [-0.25, -0.2) is 9.78 Å². The lowest BCUT2D eigenvalue weighted by Gasteiger charge is -2.15. The number of anilines is 2. The largest absolute Gasteiger partial charge is 0.490 e. The van der Waals surface area contributed by atoms with Crippen molar-refractivity contribution in [3.05, 3.63) is 70.7 Å². The van der Waals surface area contributed by atoms with E-state index in [1.165, 1.54) is 12.1 Å². The summed E-state index contributed by atoms with van der Waals surface area (Å²) in [6.07, 6.45) is -10.4. The van der Waals surface area contributed by atoms with Crippen molar-refractivity contribution in [2.24, 2.45) is 0 Å². The van der Waals surface area contributed by atoms with Gasteiger partial charge < -0.3 is 20.8 Å². The molecule has 200 valence electrons. The first-order chi connectivity index (χ1) is 17.2. The fraction of sp³-hybridized carbons (Fsp3) is 0.261. The highest BCUT2D eigenvalue weighted by Gasteiger charge is 2.38. The minimum atomic E-state index is -5.08. The quantitative estimate of drug-likeness (QED) is 0.266. The molecule has 0 spiro atoms. The van der Waals surface area contributed by atoms with Crippen LogP contribution in [0.2, 0.25) is 5.02 Å². The van der Waals surface area contributed by atoms with Crippen LogP contribution in [0.5, 0.6) is 0 Å². The Morgan fingerprint density at radius 3 is 2.14 bits per heavy atom. The maximum Gasteiger partial charge on any atom is 0.490 e. The highest BCUT2D eigenvalue weighted by Crippen LogP contribution is 2.36. The molecule has 37 heavy (non-hydrogen) atoms. The molecule has 0 saturated heterocycles. The maximum absolute atomic E-state index is 13.0. The fourth-order valence-electron chi connectivity index (χ4n) is 2.82. The number of halogens is 7. The van der Waals surface area contributed by atoms with Crippen molar-refractivity contribution in [2.45, 2.75) is 25.4 Å². The molecule has 0 unspecified atom stereocenters. The van der Waals surface area contributed by atoms with Crippen LogP contribution in [-0.2, 0) is 11.0 Å². The minimum Gasteiger partial charge on any atom is -0.475 e.